The Morgan fingerprint density at radius 3 is 1.95 bits per heavy atom. The molecule has 0 fully saturated rings. The Labute approximate surface area is 136 Å². The molecule has 0 unspecified atom stereocenters. The third kappa shape index (κ3) is 3.36. The van der Waals surface area contributed by atoms with E-state index in [4.69, 9.17) is 16.3 Å². The number of alkyl halides is 1. The number of hydrogen-bond donors (Lipinski definition) is 0. The molecule has 0 saturated heterocycles. The van der Waals surface area contributed by atoms with Crippen LogP contribution >= 0.6 is 11.6 Å². The van der Waals surface area contributed by atoms with Crippen molar-refractivity contribution >= 4 is 33.1 Å². The molecule has 0 radical (unpaired) electrons. The van der Waals surface area contributed by atoms with Crippen LogP contribution < -0.4 is 4.74 Å². The van der Waals surface area contributed by atoms with E-state index in [9.17, 15) is 0 Å². The number of hydrogen-bond acceptors (Lipinski definition) is 1. The second kappa shape index (κ2) is 7.51. The molecule has 0 amide bonds. The lowest BCUT2D eigenvalue weighted by molar-refractivity contribution is 0.312. The van der Waals surface area contributed by atoms with Crippen LogP contribution in [-0.2, 0) is 0 Å². The summed E-state index contributed by atoms with van der Waals surface area (Å²) in [6, 6.07) is 19.1. The zero-order chi connectivity index (χ0) is 15.2. The number of fused-ring (bicyclic) bond motifs is 2. The summed E-state index contributed by atoms with van der Waals surface area (Å²) in [5, 5.41) is 4.86. The van der Waals surface area contributed by atoms with Crippen molar-refractivity contribution in [1.82, 2.24) is 0 Å². The first-order valence-corrected chi connectivity index (χ1v) is 8.53. The lowest BCUT2D eigenvalue weighted by atomic mass is 10.0. The SMILES string of the molecule is ClCCCCCCOc1c2ccccc2cc2ccccc12. The first-order chi connectivity index (χ1) is 10.9. The molecule has 3 aromatic carbocycles. The van der Waals surface area contributed by atoms with Crippen molar-refractivity contribution in [2.75, 3.05) is 12.5 Å². The van der Waals surface area contributed by atoms with Crippen molar-refractivity contribution in [3.05, 3.63) is 54.6 Å². The van der Waals surface area contributed by atoms with Crippen LogP contribution in [0.2, 0.25) is 0 Å². The summed E-state index contributed by atoms with van der Waals surface area (Å²) >= 11 is 5.71. The van der Waals surface area contributed by atoms with Gasteiger partial charge in [-0.1, -0.05) is 61.4 Å². The molecule has 0 bridgehead atoms. The molecular formula is C20H21ClO. The quantitative estimate of drug-likeness (QED) is 0.288. The summed E-state index contributed by atoms with van der Waals surface area (Å²) in [5.41, 5.74) is 0. The van der Waals surface area contributed by atoms with Gasteiger partial charge in [-0.25, -0.2) is 0 Å². The van der Waals surface area contributed by atoms with Crippen LogP contribution in [0, 0.1) is 0 Å². The third-order valence-corrected chi connectivity index (χ3v) is 4.26. The van der Waals surface area contributed by atoms with E-state index in [0.29, 0.717) is 0 Å². The molecule has 22 heavy (non-hydrogen) atoms. The van der Waals surface area contributed by atoms with Gasteiger partial charge < -0.3 is 4.74 Å². The van der Waals surface area contributed by atoms with Crippen molar-refractivity contribution in [3.63, 3.8) is 0 Å². The van der Waals surface area contributed by atoms with Crippen LogP contribution in [0.1, 0.15) is 25.7 Å². The minimum Gasteiger partial charge on any atom is -0.492 e. The molecule has 0 saturated carbocycles. The average molecular weight is 313 g/mol. The van der Waals surface area contributed by atoms with E-state index in [2.05, 4.69) is 54.6 Å². The Hall–Kier alpha value is -1.73. The van der Waals surface area contributed by atoms with E-state index in [0.717, 1.165) is 31.1 Å². The first kappa shape index (κ1) is 15.2. The van der Waals surface area contributed by atoms with E-state index in [1.807, 2.05) is 0 Å². The summed E-state index contributed by atoms with van der Waals surface area (Å²) in [6.45, 7) is 0.764. The molecule has 0 aliphatic carbocycles. The molecular weight excluding hydrogens is 292 g/mol. The van der Waals surface area contributed by atoms with Gasteiger partial charge in [0, 0.05) is 16.7 Å². The standard InChI is InChI=1S/C20H21ClO/c21-13-7-1-2-8-14-22-20-18-11-5-3-9-16(18)15-17-10-4-6-12-19(17)20/h3-6,9-12,15H,1-2,7-8,13-14H2. The summed E-state index contributed by atoms with van der Waals surface area (Å²) in [7, 11) is 0. The highest BCUT2D eigenvalue weighted by Crippen LogP contribution is 2.34. The number of halogens is 1. The molecule has 0 aliphatic heterocycles. The van der Waals surface area contributed by atoms with E-state index >= 15 is 0 Å². The monoisotopic (exact) mass is 312 g/mol. The fourth-order valence-electron chi connectivity index (χ4n) is 2.85. The molecule has 0 aliphatic rings. The molecule has 0 heterocycles. The Morgan fingerprint density at radius 1 is 0.727 bits per heavy atom. The number of benzene rings is 3. The Bertz CT molecular complexity index is 697. The van der Waals surface area contributed by atoms with Crippen molar-refractivity contribution < 1.29 is 4.74 Å². The van der Waals surface area contributed by atoms with Gasteiger partial charge in [-0.3, -0.25) is 0 Å². The molecule has 2 heteroatoms. The summed E-state index contributed by atoms with van der Waals surface area (Å²) in [6.07, 6.45) is 4.53. The van der Waals surface area contributed by atoms with Crippen molar-refractivity contribution in [2.24, 2.45) is 0 Å². The normalized spacial score (nSPS) is 11.1. The molecule has 1 nitrogen and oxygen atoms in total. The van der Waals surface area contributed by atoms with Gasteiger partial charge in [-0.05, 0) is 29.7 Å². The zero-order valence-corrected chi connectivity index (χ0v) is 13.5. The minimum absolute atomic E-state index is 0.759. The van der Waals surface area contributed by atoms with Crippen LogP contribution in [0.15, 0.2) is 54.6 Å². The van der Waals surface area contributed by atoms with Crippen LogP contribution in [0.25, 0.3) is 21.5 Å². The minimum atomic E-state index is 0.759. The second-order valence-electron chi connectivity index (χ2n) is 5.60. The molecule has 3 rings (SSSR count). The van der Waals surface area contributed by atoms with Gasteiger partial charge in [0.05, 0.1) is 6.61 Å². The number of rotatable bonds is 7. The first-order valence-electron chi connectivity index (χ1n) is 7.99. The summed E-state index contributed by atoms with van der Waals surface area (Å²) < 4.78 is 6.18. The fraction of sp³-hybridized carbons (Fsp3) is 0.300. The molecule has 3 aromatic rings. The van der Waals surface area contributed by atoms with E-state index < -0.39 is 0 Å². The Balaban J connectivity index is 1.85. The van der Waals surface area contributed by atoms with Gasteiger partial charge in [0.2, 0.25) is 0 Å². The van der Waals surface area contributed by atoms with Crippen LogP contribution in [0.4, 0.5) is 0 Å². The molecule has 0 spiro atoms. The highest BCUT2D eigenvalue weighted by molar-refractivity contribution is 6.17. The van der Waals surface area contributed by atoms with Crippen LogP contribution in [0.3, 0.4) is 0 Å². The third-order valence-electron chi connectivity index (χ3n) is 4.00. The highest BCUT2D eigenvalue weighted by atomic mass is 35.5. The average Bonchev–Trinajstić information content (AvgIpc) is 2.57. The number of unbranched alkanes of at least 4 members (excludes halogenated alkanes) is 3. The van der Waals surface area contributed by atoms with Crippen molar-refractivity contribution in [1.29, 1.82) is 0 Å². The Morgan fingerprint density at radius 2 is 1.32 bits per heavy atom. The maximum Gasteiger partial charge on any atom is 0.134 e. The largest absolute Gasteiger partial charge is 0.492 e. The van der Waals surface area contributed by atoms with Gasteiger partial charge in [-0.15, -0.1) is 11.6 Å². The van der Waals surface area contributed by atoms with Crippen LogP contribution in [-0.4, -0.2) is 12.5 Å². The topological polar surface area (TPSA) is 9.23 Å². The zero-order valence-electron chi connectivity index (χ0n) is 12.7. The van der Waals surface area contributed by atoms with Gasteiger partial charge >= 0.3 is 0 Å². The molecule has 0 N–H and O–H groups in total. The lowest BCUT2D eigenvalue weighted by Gasteiger charge is -2.13. The van der Waals surface area contributed by atoms with E-state index in [-0.39, 0.29) is 0 Å². The smallest absolute Gasteiger partial charge is 0.134 e. The summed E-state index contributed by atoms with van der Waals surface area (Å²) in [5.74, 6) is 1.78. The molecule has 0 aromatic heterocycles. The van der Waals surface area contributed by atoms with Crippen molar-refractivity contribution in [2.45, 2.75) is 25.7 Å². The lowest BCUT2D eigenvalue weighted by Crippen LogP contribution is -1.99. The van der Waals surface area contributed by atoms with Gasteiger partial charge in [-0.2, -0.15) is 0 Å². The molecule has 114 valence electrons. The predicted molar refractivity (Wildman–Crippen MR) is 96.1 cm³/mol. The predicted octanol–water partition coefficient (Wildman–Crippen LogP) is 6.17. The van der Waals surface area contributed by atoms with Gasteiger partial charge in [0.25, 0.3) is 0 Å². The maximum absolute atomic E-state index is 6.18. The summed E-state index contributed by atoms with van der Waals surface area (Å²) in [4.78, 5) is 0. The Kier molecular flexibility index (Phi) is 5.18. The van der Waals surface area contributed by atoms with E-state index in [1.54, 1.807) is 0 Å². The number of ether oxygens (including phenoxy) is 1. The second-order valence-corrected chi connectivity index (χ2v) is 5.98. The fourth-order valence-corrected chi connectivity index (χ4v) is 3.04. The maximum atomic E-state index is 6.18. The van der Waals surface area contributed by atoms with E-state index in [1.165, 1.54) is 34.4 Å². The molecule has 0 atom stereocenters. The van der Waals surface area contributed by atoms with Crippen molar-refractivity contribution in [3.8, 4) is 5.75 Å². The van der Waals surface area contributed by atoms with Crippen LogP contribution in [0.5, 0.6) is 5.75 Å². The van der Waals surface area contributed by atoms with Gasteiger partial charge in [0.15, 0.2) is 0 Å². The van der Waals surface area contributed by atoms with Gasteiger partial charge in [0.1, 0.15) is 5.75 Å². The highest BCUT2D eigenvalue weighted by Gasteiger charge is 2.08.